The van der Waals surface area contributed by atoms with E-state index in [1.165, 1.54) is 18.2 Å². The van der Waals surface area contributed by atoms with Gasteiger partial charge in [-0.1, -0.05) is 36.0 Å². The molecule has 2 N–H and O–H groups in total. The van der Waals surface area contributed by atoms with Crippen LogP contribution in [0.5, 0.6) is 5.88 Å². The number of alkyl halides is 3. The molecule has 0 aliphatic carbocycles. The molecule has 152 valence electrons. The van der Waals surface area contributed by atoms with Gasteiger partial charge in [-0.3, -0.25) is 0 Å². The predicted octanol–water partition coefficient (Wildman–Crippen LogP) is 7.60. The van der Waals surface area contributed by atoms with Crippen LogP contribution in [0.4, 0.5) is 28.9 Å². The van der Waals surface area contributed by atoms with Gasteiger partial charge in [-0.25, -0.2) is 4.39 Å². The second-order valence-corrected chi connectivity index (χ2v) is 7.37. The van der Waals surface area contributed by atoms with Gasteiger partial charge in [0.1, 0.15) is 5.82 Å². The molecule has 0 amide bonds. The van der Waals surface area contributed by atoms with Crippen LogP contribution in [-0.2, 0) is 6.18 Å². The molecule has 0 saturated carbocycles. The van der Waals surface area contributed by atoms with E-state index in [9.17, 15) is 22.7 Å². The SMILES string of the molecule is Oc1[nH]c2cccc(Sc3ccccc3F)c2c1N=Nc1cccc(C(F)(F)F)c1. The Morgan fingerprint density at radius 3 is 2.37 bits per heavy atom. The third-order valence-electron chi connectivity index (χ3n) is 4.24. The number of aromatic amines is 1. The maximum atomic E-state index is 14.1. The van der Waals surface area contributed by atoms with Crippen molar-refractivity contribution in [3.63, 3.8) is 0 Å². The summed E-state index contributed by atoms with van der Waals surface area (Å²) in [6.07, 6.45) is -4.50. The van der Waals surface area contributed by atoms with Gasteiger partial charge in [-0.15, -0.1) is 5.11 Å². The summed E-state index contributed by atoms with van der Waals surface area (Å²) in [4.78, 5) is 3.74. The first kappa shape index (κ1) is 20.0. The van der Waals surface area contributed by atoms with Crippen molar-refractivity contribution >= 4 is 34.0 Å². The van der Waals surface area contributed by atoms with Crippen LogP contribution in [-0.4, -0.2) is 10.1 Å². The molecule has 4 rings (SSSR count). The van der Waals surface area contributed by atoms with Crippen LogP contribution in [0.25, 0.3) is 10.9 Å². The first-order valence-electron chi connectivity index (χ1n) is 8.68. The maximum absolute atomic E-state index is 14.1. The normalized spacial score (nSPS) is 12.1. The Bertz CT molecular complexity index is 1250. The first-order chi connectivity index (χ1) is 14.3. The summed E-state index contributed by atoms with van der Waals surface area (Å²) in [5.41, 5.74) is -0.274. The van der Waals surface area contributed by atoms with Gasteiger partial charge in [0.15, 0.2) is 5.69 Å². The van der Waals surface area contributed by atoms with Crippen molar-refractivity contribution in [3.05, 3.63) is 78.1 Å². The number of hydrogen-bond donors (Lipinski definition) is 2. The van der Waals surface area contributed by atoms with Gasteiger partial charge in [0.25, 0.3) is 0 Å². The van der Waals surface area contributed by atoms with Crippen molar-refractivity contribution < 1.29 is 22.7 Å². The fourth-order valence-corrected chi connectivity index (χ4v) is 3.87. The van der Waals surface area contributed by atoms with Crippen molar-refractivity contribution in [1.29, 1.82) is 0 Å². The molecule has 9 heteroatoms. The minimum absolute atomic E-state index is 0.0159. The second kappa shape index (κ2) is 7.83. The largest absolute Gasteiger partial charge is 0.493 e. The van der Waals surface area contributed by atoms with Crippen LogP contribution < -0.4 is 0 Å². The van der Waals surface area contributed by atoms with E-state index in [4.69, 9.17) is 0 Å². The van der Waals surface area contributed by atoms with E-state index >= 15 is 0 Å². The quantitative estimate of drug-likeness (QED) is 0.258. The van der Waals surface area contributed by atoms with E-state index in [1.807, 2.05) is 0 Å². The molecular formula is C21H13F4N3OS. The number of aromatic nitrogens is 1. The summed E-state index contributed by atoms with van der Waals surface area (Å²) in [5, 5.41) is 18.6. The lowest BCUT2D eigenvalue weighted by atomic mass is 10.2. The zero-order chi connectivity index (χ0) is 21.3. The number of H-pyrrole nitrogens is 1. The van der Waals surface area contributed by atoms with Crippen LogP contribution in [0, 0.1) is 5.82 Å². The Kier molecular flexibility index (Phi) is 5.21. The fraction of sp³-hybridized carbons (Fsp3) is 0.0476. The molecule has 0 spiro atoms. The lowest BCUT2D eigenvalue weighted by Crippen LogP contribution is -2.03. The molecule has 0 fully saturated rings. The molecule has 1 aromatic heterocycles. The van der Waals surface area contributed by atoms with Crippen molar-refractivity contribution in [1.82, 2.24) is 4.98 Å². The zero-order valence-electron chi connectivity index (χ0n) is 15.1. The zero-order valence-corrected chi connectivity index (χ0v) is 15.9. The van der Waals surface area contributed by atoms with Crippen LogP contribution in [0.15, 0.2) is 86.7 Å². The van der Waals surface area contributed by atoms with Crippen molar-refractivity contribution in [3.8, 4) is 5.88 Å². The maximum Gasteiger partial charge on any atom is 0.416 e. The van der Waals surface area contributed by atoms with E-state index in [0.717, 1.165) is 23.9 Å². The monoisotopic (exact) mass is 431 g/mol. The average Bonchev–Trinajstić information content (AvgIpc) is 3.04. The van der Waals surface area contributed by atoms with Gasteiger partial charge < -0.3 is 10.1 Å². The van der Waals surface area contributed by atoms with Gasteiger partial charge in [-0.2, -0.15) is 18.3 Å². The number of nitrogens with zero attached hydrogens (tertiary/aromatic N) is 2. The van der Waals surface area contributed by atoms with E-state index in [-0.39, 0.29) is 17.3 Å². The number of hydrogen-bond acceptors (Lipinski definition) is 4. The summed E-state index contributed by atoms with van der Waals surface area (Å²) in [5.74, 6) is -0.686. The third kappa shape index (κ3) is 4.02. The molecule has 0 unspecified atom stereocenters. The van der Waals surface area contributed by atoms with E-state index < -0.39 is 17.6 Å². The average molecular weight is 431 g/mol. The highest BCUT2D eigenvalue weighted by molar-refractivity contribution is 7.99. The molecule has 0 aliphatic rings. The molecule has 0 bridgehead atoms. The highest BCUT2D eigenvalue weighted by Crippen LogP contribution is 2.44. The number of fused-ring (bicyclic) bond motifs is 1. The molecule has 1 heterocycles. The Morgan fingerprint density at radius 2 is 1.60 bits per heavy atom. The second-order valence-electron chi connectivity index (χ2n) is 6.28. The molecule has 0 atom stereocenters. The molecular weight excluding hydrogens is 418 g/mol. The van der Waals surface area contributed by atoms with Gasteiger partial charge in [-0.05, 0) is 42.5 Å². The van der Waals surface area contributed by atoms with Crippen LogP contribution in [0.1, 0.15) is 5.56 Å². The molecule has 0 aliphatic heterocycles. The molecule has 4 aromatic rings. The van der Waals surface area contributed by atoms with Gasteiger partial charge in [0.05, 0.1) is 16.8 Å². The number of aromatic hydroxyl groups is 1. The Hall–Kier alpha value is -3.33. The summed E-state index contributed by atoms with van der Waals surface area (Å²) < 4.78 is 52.8. The summed E-state index contributed by atoms with van der Waals surface area (Å²) in [6.45, 7) is 0. The smallest absolute Gasteiger partial charge is 0.416 e. The first-order valence-corrected chi connectivity index (χ1v) is 9.49. The van der Waals surface area contributed by atoms with Crippen LogP contribution in [0.2, 0.25) is 0 Å². The molecule has 0 saturated heterocycles. The predicted molar refractivity (Wildman–Crippen MR) is 106 cm³/mol. The lowest BCUT2D eigenvalue weighted by molar-refractivity contribution is -0.137. The molecule has 30 heavy (non-hydrogen) atoms. The van der Waals surface area contributed by atoms with E-state index in [2.05, 4.69) is 15.2 Å². The fourth-order valence-electron chi connectivity index (χ4n) is 2.87. The lowest BCUT2D eigenvalue weighted by Gasteiger charge is -2.06. The summed E-state index contributed by atoms with van der Waals surface area (Å²) in [7, 11) is 0. The molecule has 4 nitrogen and oxygen atoms in total. The summed E-state index contributed by atoms with van der Waals surface area (Å²) in [6, 6.07) is 15.8. The third-order valence-corrected chi connectivity index (χ3v) is 5.35. The minimum atomic E-state index is -4.50. The Balaban J connectivity index is 1.76. The van der Waals surface area contributed by atoms with Gasteiger partial charge in [0.2, 0.25) is 5.88 Å². The summed E-state index contributed by atoms with van der Waals surface area (Å²) >= 11 is 1.14. The minimum Gasteiger partial charge on any atom is -0.493 e. The topological polar surface area (TPSA) is 60.7 Å². The highest BCUT2D eigenvalue weighted by atomic mass is 32.2. The number of nitrogens with one attached hydrogen (secondary N) is 1. The Morgan fingerprint density at radius 1 is 0.867 bits per heavy atom. The van der Waals surface area contributed by atoms with E-state index in [0.29, 0.717) is 20.7 Å². The number of rotatable bonds is 4. The van der Waals surface area contributed by atoms with Crippen molar-refractivity contribution in [2.45, 2.75) is 16.0 Å². The van der Waals surface area contributed by atoms with Crippen molar-refractivity contribution in [2.24, 2.45) is 10.2 Å². The standard InChI is InChI=1S/C21H13F4N3OS/c22-14-7-1-2-9-16(14)30-17-10-4-8-15-18(17)19(20(29)26-15)28-27-13-6-3-5-12(11-13)21(23,24)25/h1-11,26,29H. The van der Waals surface area contributed by atoms with Gasteiger partial charge in [0, 0.05) is 15.2 Å². The molecule has 3 aromatic carbocycles. The Labute approximate surface area is 172 Å². The molecule has 0 radical (unpaired) electrons. The number of benzene rings is 3. The highest BCUT2D eigenvalue weighted by Gasteiger charge is 2.30. The van der Waals surface area contributed by atoms with E-state index in [1.54, 1.807) is 36.4 Å². The van der Waals surface area contributed by atoms with Gasteiger partial charge >= 0.3 is 6.18 Å². The van der Waals surface area contributed by atoms with Crippen LogP contribution in [0.3, 0.4) is 0 Å². The number of azo groups is 1. The number of halogens is 4. The van der Waals surface area contributed by atoms with Crippen molar-refractivity contribution in [2.75, 3.05) is 0 Å². The van der Waals surface area contributed by atoms with Crippen LogP contribution >= 0.6 is 11.8 Å².